The topological polar surface area (TPSA) is 69.3 Å². The Labute approximate surface area is 186 Å². The lowest BCUT2D eigenvalue weighted by molar-refractivity contribution is -0.135. The van der Waals surface area contributed by atoms with Gasteiger partial charge in [-0.2, -0.15) is 0 Å². The standard InChI is InChI=1S/C25H40N4O2/c1-18(2)25(31)29-13-10-20(11-14-29)24-26-22(15-23(30)27-24)21-9-6-12-28(17-21)16-19-7-4-3-5-8-19/h15,18-21H,3-14,16-17H2,1-2H3,(H,26,27,30)/t21-/m1/s1. The van der Waals surface area contributed by atoms with Crippen molar-refractivity contribution in [2.45, 2.75) is 83.5 Å². The number of H-pyrrole nitrogens is 1. The van der Waals surface area contributed by atoms with Gasteiger partial charge < -0.3 is 14.8 Å². The lowest BCUT2D eigenvalue weighted by atomic mass is 9.87. The Morgan fingerprint density at radius 1 is 1.03 bits per heavy atom. The molecule has 2 aliphatic heterocycles. The molecule has 1 N–H and O–H groups in total. The summed E-state index contributed by atoms with van der Waals surface area (Å²) in [5.74, 6) is 2.57. The highest BCUT2D eigenvalue weighted by atomic mass is 16.2. The first kappa shape index (κ1) is 22.5. The first-order valence-electron chi connectivity index (χ1n) is 12.6. The number of rotatable bonds is 5. The largest absolute Gasteiger partial charge is 0.342 e. The Kier molecular flexibility index (Phi) is 7.47. The number of aromatic amines is 1. The Hall–Kier alpha value is -1.69. The van der Waals surface area contributed by atoms with Gasteiger partial charge in [-0.15, -0.1) is 0 Å². The van der Waals surface area contributed by atoms with Crippen molar-refractivity contribution in [2.75, 3.05) is 32.7 Å². The number of likely N-dealkylation sites (tertiary alicyclic amines) is 2. The van der Waals surface area contributed by atoms with Gasteiger partial charge in [0.05, 0.1) is 5.69 Å². The molecule has 1 aromatic heterocycles. The molecule has 172 valence electrons. The van der Waals surface area contributed by atoms with Crippen LogP contribution in [0.25, 0.3) is 0 Å². The van der Waals surface area contributed by atoms with E-state index in [0.717, 1.165) is 56.3 Å². The van der Waals surface area contributed by atoms with Gasteiger partial charge in [0, 0.05) is 50.0 Å². The molecule has 6 heteroatoms. The Bertz CT molecular complexity index is 791. The minimum Gasteiger partial charge on any atom is -0.342 e. The van der Waals surface area contributed by atoms with Gasteiger partial charge in [0.2, 0.25) is 5.91 Å². The highest BCUT2D eigenvalue weighted by molar-refractivity contribution is 5.78. The number of carbonyl (C=O) groups is 1. The molecule has 0 spiro atoms. The number of aromatic nitrogens is 2. The van der Waals surface area contributed by atoms with E-state index in [0.29, 0.717) is 5.92 Å². The van der Waals surface area contributed by atoms with Crippen molar-refractivity contribution in [3.8, 4) is 0 Å². The molecule has 6 nitrogen and oxygen atoms in total. The third kappa shape index (κ3) is 5.76. The van der Waals surface area contributed by atoms with E-state index in [4.69, 9.17) is 4.98 Å². The molecule has 1 amide bonds. The molecule has 0 bridgehead atoms. The Balaban J connectivity index is 1.39. The molecule has 31 heavy (non-hydrogen) atoms. The zero-order chi connectivity index (χ0) is 21.8. The van der Waals surface area contributed by atoms with Gasteiger partial charge >= 0.3 is 0 Å². The van der Waals surface area contributed by atoms with Crippen LogP contribution in [0.5, 0.6) is 0 Å². The smallest absolute Gasteiger partial charge is 0.251 e. The van der Waals surface area contributed by atoms with Crippen LogP contribution in [0.3, 0.4) is 0 Å². The minimum absolute atomic E-state index is 0.0231. The zero-order valence-electron chi connectivity index (χ0n) is 19.4. The molecule has 1 saturated carbocycles. The quantitative estimate of drug-likeness (QED) is 0.772. The zero-order valence-corrected chi connectivity index (χ0v) is 19.4. The van der Waals surface area contributed by atoms with E-state index in [9.17, 15) is 9.59 Å². The van der Waals surface area contributed by atoms with Crippen molar-refractivity contribution in [2.24, 2.45) is 11.8 Å². The van der Waals surface area contributed by atoms with Gasteiger partial charge in [0.25, 0.3) is 5.56 Å². The van der Waals surface area contributed by atoms with Crippen LogP contribution in [0, 0.1) is 11.8 Å². The second kappa shape index (κ2) is 10.3. The maximum atomic E-state index is 12.5. The normalized spacial score (nSPS) is 24.6. The van der Waals surface area contributed by atoms with Crippen LogP contribution in [0.1, 0.15) is 95.0 Å². The van der Waals surface area contributed by atoms with E-state index >= 15 is 0 Å². The molecule has 1 atom stereocenters. The van der Waals surface area contributed by atoms with E-state index in [1.807, 2.05) is 18.7 Å². The summed E-state index contributed by atoms with van der Waals surface area (Å²) in [5.41, 5.74) is 0.956. The number of carbonyl (C=O) groups excluding carboxylic acids is 1. The number of hydrogen-bond donors (Lipinski definition) is 1. The van der Waals surface area contributed by atoms with Crippen LogP contribution in [-0.4, -0.2) is 58.4 Å². The maximum Gasteiger partial charge on any atom is 0.251 e. The van der Waals surface area contributed by atoms with Crippen molar-refractivity contribution in [1.29, 1.82) is 0 Å². The van der Waals surface area contributed by atoms with E-state index in [2.05, 4.69) is 9.88 Å². The second-order valence-electron chi connectivity index (χ2n) is 10.4. The molecule has 0 unspecified atom stereocenters. The van der Waals surface area contributed by atoms with Crippen molar-refractivity contribution >= 4 is 5.91 Å². The van der Waals surface area contributed by atoms with Crippen LogP contribution >= 0.6 is 0 Å². The van der Waals surface area contributed by atoms with Crippen molar-refractivity contribution in [1.82, 2.24) is 19.8 Å². The van der Waals surface area contributed by atoms with E-state index < -0.39 is 0 Å². The summed E-state index contributed by atoms with van der Waals surface area (Å²) >= 11 is 0. The van der Waals surface area contributed by atoms with Crippen molar-refractivity contribution in [3.05, 3.63) is 27.9 Å². The summed E-state index contributed by atoms with van der Waals surface area (Å²) in [5, 5.41) is 0. The average Bonchev–Trinajstić information content (AvgIpc) is 2.79. The third-order valence-electron chi connectivity index (χ3n) is 7.63. The van der Waals surface area contributed by atoms with Crippen LogP contribution in [0.4, 0.5) is 0 Å². The van der Waals surface area contributed by atoms with Crippen LogP contribution in [-0.2, 0) is 4.79 Å². The lowest BCUT2D eigenvalue weighted by Crippen LogP contribution is -2.41. The Morgan fingerprint density at radius 2 is 1.77 bits per heavy atom. The highest BCUT2D eigenvalue weighted by Gasteiger charge is 2.29. The predicted molar refractivity (Wildman–Crippen MR) is 123 cm³/mol. The molecule has 3 heterocycles. The second-order valence-corrected chi connectivity index (χ2v) is 10.4. The van der Waals surface area contributed by atoms with E-state index in [-0.39, 0.29) is 23.3 Å². The summed E-state index contributed by atoms with van der Waals surface area (Å²) in [6.07, 6.45) is 11.0. The molecule has 1 aromatic rings. The van der Waals surface area contributed by atoms with Crippen LogP contribution in [0.15, 0.2) is 10.9 Å². The number of nitrogens with zero attached hydrogens (tertiary/aromatic N) is 3. The SMILES string of the molecule is CC(C)C(=O)N1CCC(c2nc([C@@H]3CCCN(CC4CCCCC4)C3)cc(=O)[nH]2)CC1. The third-order valence-corrected chi connectivity index (χ3v) is 7.63. The summed E-state index contributed by atoms with van der Waals surface area (Å²) in [6, 6.07) is 1.73. The first-order chi connectivity index (χ1) is 15.0. The van der Waals surface area contributed by atoms with Crippen molar-refractivity contribution < 1.29 is 4.79 Å². The van der Waals surface area contributed by atoms with E-state index in [1.165, 1.54) is 51.6 Å². The Morgan fingerprint density at radius 3 is 2.48 bits per heavy atom. The molecule has 3 fully saturated rings. The molecule has 2 saturated heterocycles. The predicted octanol–water partition coefficient (Wildman–Crippen LogP) is 3.89. The molecular weight excluding hydrogens is 388 g/mol. The fraction of sp³-hybridized carbons (Fsp3) is 0.800. The summed E-state index contributed by atoms with van der Waals surface area (Å²) in [4.78, 5) is 37.4. The van der Waals surface area contributed by atoms with Crippen molar-refractivity contribution in [3.63, 3.8) is 0 Å². The fourth-order valence-corrected chi connectivity index (χ4v) is 5.83. The van der Waals surface area contributed by atoms with E-state index in [1.54, 1.807) is 6.07 Å². The molecule has 4 rings (SSSR count). The van der Waals surface area contributed by atoms with Gasteiger partial charge in [-0.05, 0) is 51.0 Å². The first-order valence-corrected chi connectivity index (χ1v) is 12.6. The van der Waals surface area contributed by atoms with Gasteiger partial charge in [-0.25, -0.2) is 4.98 Å². The number of amides is 1. The molecule has 0 radical (unpaired) electrons. The maximum absolute atomic E-state index is 12.5. The summed E-state index contributed by atoms with van der Waals surface area (Å²) in [7, 11) is 0. The summed E-state index contributed by atoms with van der Waals surface area (Å²) < 4.78 is 0. The highest BCUT2D eigenvalue weighted by Crippen LogP contribution is 2.31. The summed E-state index contributed by atoms with van der Waals surface area (Å²) in [6.45, 7) is 8.87. The minimum atomic E-state index is -0.0231. The molecule has 0 aromatic carbocycles. The van der Waals surface area contributed by atoms with Crippen LogP contribution in [0.2, 0.25) is 0 Å². The fourth-order valence-electron chi connectivity index (χ4n) is 5.83. The van der Waals surface area contributed by atoms with Gasteiger partial charge in [0.1, 0.15) is 5.82 Å². The number of hydrogen-bond acceptors (Lipinski definition) is 4. The number of nitrogens with one attached hydrogen (secondary N) is 1. The number of piperidine rings is 2. The van der Waals surface area contributed by atoms with Crippen LogP contribution < -0.4 is 5.56 Å². The lowest BCUT2D eigenvalue weighted by Gasteiger charge is -2.36. The van der Waals surface area contributed by atoms with Gasteiger partial charge in [-0.3, -0.25) is 9.59 Å². The molecular formula is C25H40N4O2. The monoisotopic (exact) mass is 428 g/mol. The average molecular weight is 429 g/mol. The van der Waals surface area contributed by atoms with Gasteiger partial charge in [-0.1, -0.05) is 33.1 Å². The molecule has 1 aliphatic carbocycles. The molecule has 3 aliphatic rings. The van der Waals surface area contributed by atoms with Gasteiger partial charge in [0.15, 0.2) is 0 Å².